The molecule has 0 radical (unpaired) electrons. The number of rotatable bonds is 5. The third-order valence-electron chi connectivity index (χ3n) is 4.72. The first kappa shape index (κ1) is 17.4. The zero-order valence-electron chi connectivity index (χ0n) is 15.0. The molecule has 1 atom stereocenters. The molecule has 1 aliphatic rings. The Labute approximate surface area is 168 Å². The number of nitrogen functional groups attached to an aromatic ring is 1. The molecule has 0 amide bonds. The summed E-state index contributed by atoms with van der Waals surface area (Å²) in [4.78, 5) is 22.7. The zero-order valence-corrected chi connectivity index (χ0v) is 16.7. The minimum absolute atomic E-state index is 0.160. The van der Waals surface area contributed by atoms with E-state index in [1.165, 1.54) is 23.1 Å². The number of thiophene rings is 1. The molecule has 3 aromatic heterocycles. The highest BCUT2D eigenvalue weighted by atomic mass is 32.2. The van der Waals surface area contributed by atoms with Crippen molar-refractivity contribution in [3.05, 3.63) is 57.8 Å². The number of thioether (sulfide) groups is 1. The molecule has 1 saturated carbocycles. The van der Waals surface area contributed by atoms with E-state index < -0.39 is 0 Å². The summed E-state index contributed by atoms with van der Waals surface area (Å²) in [5, 5.41) is 6.82. The summed E-state index contributed by atoms with van der Waals surface area (Å²) in [5.41, 5.74) is 1.57. The van der Waals surface area contributed by atoms with Crippen LogP contribution in [0.3, 0.4) is 0 Å². The van der Waals surface area contributed by atoms with Crippen LogP contribution in [0.2, 0.25) is 0 Å². The van der Waals surface area contributed by atoms with Gasteiger partial charge in [0.1, 0.15) is 4.83 Å². The average Bonchev–Trinajstić information content (AvgIpc) is 3.28. The lowest BCUT2D eigenvalue weighted by Crippen LogP contribution is -2.29. The first-order valence-electron chi connectivity index (χ1n) is 8.96. The lowest BCUT2D eigenvalue weighted by atomic mass is 10.1. The monoisotopic (exact) mass is 411 g/mol. The van der Waals surface area contributed by atoms with Crippen molar-refractivity contribution < 1.29 is 4.52 Å². The Bertz CT molecular complexity index is 1210. The normalized spacial score (nSPS) is 15.2. The third-order valence-corrected chi connectivity index (χ3v) is 6.65. The van der Waals surface area contributed by atoms with Crippen molar-refractivity contribution in [3.8, 4) is 11.1 Å². The Hall–Kier alpha value is -2.65. The fraction of sp³-hybridized carbons (Fsp3) is 0.263. The largest absolute Gasteiger partial charge is 0.338 e. The van der Waals surface area contributed by atoms with E-state index in [1.54, 1.807) is 0 Å². The van der Waals surface area contributed by atoms with Gasteiger partial charge in [-0.05, 0) is 25.3 Å². The fourth-order valence-electron chi connectivity index (χ4n) is 3.03. The zero-order chi connectivity index (χ0) is 19.3. The van der Waals surface area contributed by atoms with Crippen molar-refractivity contribution in [1.29, 1.82) is 0 Å². The van der Waals surface area contributed by atoms with Crippen molar-refractivity contribution >= 4 is 33.3 Å². The molecule has 0 bridgehead atoms. The molecule has 0 spiro atoms. The molecule has 5 rings (SSSR count). The summed E-state index contributed by atoms with van der Waals surface area (Å²) in [5.74, 6) is 7.82. The molecular formula is C19H17N5O2S2. The molecule has 7 nitrogen and oxygen atoms in total. The summed E-state index contributed by atoms with van der Waals surface area (Å²) in [6.07, 6.45) is 2.23. The lowest BCUT2D eigenvalue weighted by molar-refractivity contribution is 0.374. The Morgan fingerprint density at radius 1 is 1.29 bits per heavy atom. The van der Waals surface area contributed by atoms with Gasteiger partial charge in [0.15, 0.2) is 11.0 Å². The van der Waals surface area contributed by atoms with Crippen LogP contribution in [0.4, 0.5) is 0 Å². The molecule has 1 aromatic carbocycles. The Morgan fingerprint density at radius 2 is 2.07 bits per heavy atom. The molecule has 142 valence electrons. The number of nitrogens with two attached hydrogens (primary N) is 1. The molecule has 0 aliphatic heterocycles. The van der Waals surface area contributed by atoms with Crippen molar-refractivity contribution in [3.63, 3.8) is 0 Å². The summed E-state index contributed by atoms with van der Waals surface area (Å²) in [6.45, 7) is 1.94. The van der Waals surface area contributed by atoms with Crippen LogP contribution in [0, 0.1) is 0 Å². The van der Waals surface area contributed by atoms with E-state index in [9.17, 15) is 4.79 Å². The summed E-state index contributed by atoms with van der Waals surface area (Å²) < 4.78 is 6.50. The van der Waals surface area contributed by atoms with Gasteiger partial charge in [0, 0.05) is 16.9 Å². The van der Waals surface area contributed by atoms with Gasteiger partial charge in [-0.25, -0.2) is 9.66 Å². The topological polar surface area (TPSA) is 99.8 Å². The van der Waals surface area contributed by atoms with Gasteiger partial charge in [-0.1, -0.05) is 47.3 Å². The van der Waals surface area contributed by atoms with E-state index in [4.69, 9.17) is 10.4 Å². The minimum Gasteiger partial charge on any atom is -0.338 e. The summed E-state index contributed by atoms with van der Waals surface area (Å²) >= 11 is 2.78. The first-order chi connectivity index (χ1) is 13.6. The molecule has 2 N–H and O–H groups in total. The second-order valence-electron chi connectivity index (χ2n) is 6.79. The Kier molecular flexibility index (Phi) is 4.21. The maximum atomic E-state index is 13.0. The summed E-state index contributed by atoms with van der Waals surface area (Å²) in [6, 6.07) is 9.78. The molecule has 4 aromatic rings. The number of aromatic nitrogens is 4. The number of benzene rings is 1. The van der Waals surface area contributed by atoms with Crippen molar-refractivity contribution in [2.75, 3.05) is 5.84 Å². The van der Waals surface area contributed by atoms with Crippen LogP contribution in [0.25, 0.3) is 21.3 Å². The van der Waals surface area contributed by atoms with E-state index in [-0.39, 0.29) is 10.8 Å². The van der Waals surface area contributed by atoms with Crippen LogP contribution in [0.15, 0.2) is 50.2 Å². The van der Waals surface area contributed by atoms with Crippen LogP contribution in [0.1, 0.15) is 42.6 Å². The molecule has 1 aliphatic carbocycles. The highest BCUT2D eigenvalue weighted by Gasteiger charge is 2.30. The molecule has 28 heavy (non-hydrogen) atoms. The highest BCUT2D eigenvalue weighted by Crippen LogP contribution is 2.40. The van der Waals surface area contributed by atoms with Crippen LogP contribution in [-0.2, 0) is 0 Å². The van der Waals surface area contributed by atoms with Gasteiger partial charge in [-0.3, -0.25) is 4.79 Å². The minimum atomic E-state index is -0.260. The van der Waals surface area contributed by atoms with E-state index in [1.807, 2.05) is 42.6 Å². The van der Waals surface area contributed by atoms with Crippen LogP contribution >= 0.6 is 23.1 Å². The number of fused-ring (bicyclic) bond motifs is 1. The predicted octanol–water partition coefficient (Wildman–Crippen LogP) is 3.95. The molecule has 9 heteroatoms. The van der Waals surface area contributed by atoms with Crippen LogP contribution in [-0.4, -0.2) is 19.8 Å². The maximum Gasteiger partial charge on any atom is 0.282 e. The van der Waals surface area contributed by atoms with Crippen LogP contribution < -0.4 is 11.4 Å². The average molecular weight is 412 g/mol. The van der Waals surface area contributed by atoms with Gasteiger partial charge in [0.25, 0.3) is 5.56 Å². The SMILES string of the molecule is CC(Sc1nc2scc(-c3ccccc3)c2c(=O)n1N)c1nc(C2CC2)no1. The smallest absolute Gasteiger partial charge is 0.282 e. The van der Waals surface area contributed by atoms with Gasteiger partial charge in [-0.15, -0.1) is 11.3 Å². The number of hydrogen-bond donors (Lipinski definition) is 1. The van der Waals surface area contributed by atoms with Gasteiger partial charge in [0.05, 0.1) is 10.6 Å². The lowest BCUT2D eigenvalue weighted by Gasteiger charge is -2.10. The van der Waals surface area contributed by atoms with E-state index in [2.05, 4.69) is 15.1 Å². The van der Waals surface area contributed by atoms with E-state index >= 15 is 0 Å². The van der Waals surface area contributed by atoms with E-state index in [0.29, 0.717) is 27.2 Å². The third kappa shape index (κ3) is 3.00. The highest BCUT2D eigenvalue weighted by molar-refractivity contribution is 7.99. The molecule has 1 fully saturated rings. The molecule has 0 saturated heterocycles. The predicted molar refractivity (Wildman–Crippen MR) is 110 cm³/mol. The second-order valence-corrected chi connectivity index (χ2v) is 8.96. The molecule has 1 unspecified atom stereocenters. The first-order valence-corrected chi connectivity index (χ1v) is 10.7. The van der Waals surface area contributed by atoms with Gasteiger partial charge in [-0.2, -0.15) is 4.98 Å². The fourth-order valence-corrected chi connectivity index (χ4v) is 4.88. The second kappa shape index (κ2) is 6.75. The quantitative estimate of drug-likeness (QED) is 0.301. The molecule has 3 heterocycles. The van der Waals surface area contributed by atoms with Crippen molar-refractivity contribution in [1.82, 2.24) is 19.8 Å². The summed E-state index contributed by atoms with van der Waals surface area (Å²) in [7, 11) is 0. The van der Waals surface area contributed by atoms with Gasteiger partial charge >= 0.3 is 0 Å². The number of nitrogens with zero attached hydrogens (tertiary/aromatic N) is 4. The Balaban J connectivity index is 1.50. The maximum absolute atomic E-state index is 13.0. The standard InChI is InChI=1S/C19H17N5O2S2/c1-10(16-21-15(23-26-16)12-7-8-12)28-19-22-17-14(18(25)24(19)20)13(9-27-17)11-5-3-2-4-6-11/h2-6,9-10,12H,7-8,20H2,1H3. The molecular weight excluding hydrogens is 394 g/mol. The van der Waals surface area contributed by atoms with Crippen molar-refractivity contribution in [2.24, 2.45) is 0 Å². The van der Waals surface area contributed by atoms with Gasteiger partial charge in [0.2, 0.25) is 5.89 Å². The van der Waals surface area contributed by atoms with Crippen LogP contribution in [0.5, 0.6) is 0 Å². The van der Waals surface area contributed by atoms with E-state index in [0.717, 1.165) is 34.5 Å². The Morgan fingerprint density at radius 3 is 2.82 bits per heavy atom. The number of hydrogen-bond acceptors (Lipinski definition) is 8. The van der Waals surface area contributed by atoms with Gasteiger partial charge < -0.3 is 10.4 Å². The van der Waals surface area contributed by atoms with Crippen molar-refractivity contribution in [2.45, 2.75) is 36.1 Å².